The van der Waals surface area contributed by atoms with Gasteiger partial charge in [-0.25, -0.2) is 17.8 Å². The molecule has 0 spiro atoms. The molecule has 2 aromatic carbocycles. The van der Waals surface area contributed by atoms with E-state index in [9.17, 15) is 17.6 Å². The van der Waals surface area contributed by atoms with Crippen molar-refractivity contribution in [1.29, 1.82) is 0 Å². The Morgan fingerprint density at radius 2 is 1.83 bits per heavy atom. The first-order chi connectivity index (χ1) is 17.2. The van der Waals surface area contributed by atoms with Crippen LogP contribution in [-0.2, 0) is 14.8 Å². The highest BCUT2D eigenvalue weighted by molar-refractivity contribution is 7.89. The number of carbonyl (C=O) groups is 1. The lowest BCUT2D eigenvalue weighted by molar-refractivity contribution is -0.123. The molecule has 0 radical (unpaired) electrons. The summed E-state index contributed by atoms with van der Waals surface area (Å²) in [5.41, 5.74) is 0.738. The van der Waals surface area contributed by atoms with E-state index in [0.29, 0.717) is 43.4 Å². The summed E-state index contributed by atoms with van der Waals surface area (Å²) in [6.45, 7) is 4.04. The van der Waals surface area contributed by atoms with Gasteiger partial charge in [-0.05, 0) is 70.3 Å². The summed E-state index contributed by atoms with van der Waals surface area (Å²) in [5.74, 6) is -0.158. The Labute approximate surface area is 215 Å². The minimum absolute atomic E-state index is 0.0484. The molecule has 11 heteroatoms. The van der Waals surface area contributed by atoms with Crippen molar-refractivity contribution < 1.29 is 22.3 Å². The Balaban J connectivity index is 1.52. The van der Waals surface area contributed by atoms with E-state index in [1.165, 1.54) is 27.8 Å². The number of hydrogen-bond acceptors (Lipinski definition) is 7. The fraction of sp³-hybridized carbons (Fsp3) is 0.440. The number of aromatic nitrogens is 1. The highest BCUT2D eigenvalue weighted by atomic mass is 32.2. The monoisotopic (exact) mass is 534 g/mol. The quantitative estimate of drug-likeness (QED) is 0.415. The number of anilines is 1. The molecule has 1 aromatic heterocycles. The highest BCUT2D eigenvalue weighted by Crippen LogP contribution is 2.35. The molecule has 1 amide bonds. The van der Waals surface area contributed by atoms with E-state index in [1.807, 2.05) is 44.1 Å². The first kappa shape index (κ1) is 26.5. The molecular formula is C25H31FN4O4S2. The van der Waals surface area contributed by atoms with Crippen LogP contribution in [-0.4, -0.2) is 75.4 Å². The number of rotatable bonds is 9. The van der Waals surface area contributed by atoms with Crippen LogP contribution in [0.25, 0.3) is 10.2 Å². The summed E-state index contributed by atoms with van der Waals surface area (Å²) in [6.07, 6.45) is 0.819. The van der Waals surface area contributed by atoms with E-state index in [-0.39, 0.29) is 29.8 Å². The van der Waals surface area contributed by atoms with Crippen molar-refractivity contribution in [2.24, 2.45) is 5.92 Å². The smallest absolute Gasteiger partial charge is 0.243 e. The number of amides is 1. The molecule has 1 fully saturated rings. The lowest BCUT2D eigenvalue weighted by atomic mass is 9.96. The standard InChI is InChI=1S/C25H31FN4O4S2/c1-4-34-21-6-5-7-22-23(21)27-25(35-22)30(17-16-28(2)3)24(31)18-12-14-29(15-13-18)36(32,33)20-10-8-19(26)9-11-20/h5-11,18H,4,12-17H2,1-3H3. The highest BCUT2D eigenvalue weighted by Gasteiger charge is 2.35. The van der Waals surface area contributed by atoms with Crippen molar-refractivity contribution in [3.05, 3.63) is 48.3 Å². The zero-order chi connectivity index (χ0) is 25.9. The molecule has 0 unspecified atom stereocenters. The number of carbonyl (C=O) groups excluding carboxylic acids is 1. The Hall–Kier alpha value is -2.60. The topological polar surface area (TPSA) is 83.0 Å². The van der Waals surface area contributed by atoms with Gasteiger partial charge < -0.3 is 9.64 Å². The van der Waals surface area contributed by atoms with Crippen molar-refractivity contribution >= 4 is 42.6 Å². The van der Waals surface area contributed by atoms with Gasteiger partial charge in [-0.15, -0.1) is 0 Å². The maximum atomic E-state index is 13.7. The van der Waals surface area contributed by atoms with E-state index in [4.69, 9.17) is 9.72 Å². The van der Waals surface area contributed by atoms with Crippen LogP contribution in [0.15, 0.2) is 47.4 Å². The molecule has 1 aliphatic heterocycles. The number of nitrogens with zero attached hydrogens (tertiary/aromatic N) is 4. The number of likely N-dealkylation sites (N-methyl/N-ethyl adjacent to an activating group) is 1. The van der Waals surface area contributed by atoms with Gasteiger partial charge in [-0.1, -0.05) is 17.4 Å². The molecule has 194 valence electrons. The summed E-state index contributed by atoms with van der Waals surface area (Å²) in [5, 5.41) is 0.616. The molecule has 36 heavy (non-hydrogen) atoms. The third-order valence-electron chi connectivity index (χ3n) is 6.19. The van der Waals surface area contributed by atoms with E-state index in [0.717, 1.165) is 22.3 Å². The molecule has 8 nitrogen and oxygen atoms in total. The first-order valence-electron chi connectivity index (χ1n) is 11.9. The predicted octanol–water partition coefficient (Wildman–Crippen LogP) is 3.83. The fourth-order valence-corrected chi connectivity index (χ4v) is 6.70. The summed E-state index contributed by atoms with van der Waals surface area (Å²) < 4.78 is 47.2. The fourth-order valence-electron chi connectivity index (χ4n) is 4.22. The Kier molecular flexibility index (Phi) is 8.23. The number of hydrogen-bond donors (Lipinski definition) is 0. The van der Waals surface area contributed by atoms with Gasteiger partial charge in [0, 0.05) is 32.1 Å². The van der Waals surface area contributed by atoms with Crippen LogP contribution < -0.4 is 9.64 Å². The van der Waals surface area contributed by atoms with E-state index in [2.05, 4.69) is 0 Å². The van der Waals surface area contributed by atoms with Gasteiger partial charge in [0.25, 0.3) is 0 Å². The minimum Gasteiger partial charge on any atom is -0.492 e. The Morgan fingerprint density at radius 3 is 2.47 bits per heavy atom. The molecule has 0 atom stereocenters. The third kappa shape index (κ3) is 5.69. The number of fused-ring (bicyclic) bond motifs is 1. The number of benzene rings is 2. The summed E-state index contributed by atoms with van der Waals surface area (Å²) in [4.78, 5) is 22.3. The first-order valence-corrected chi connectivity index (χ1v) is 14.2. The number of sulfonamides is 1. The van der Waals surface area contributed by atoms with Gasteiger partial charge in [0.15, 0.2) is 5.13 Å². The maximum Gasteiger partial charge on any atom is 0.243 e. The van der Waals surface area contributed by atoms with Gasteiger partial charge >= 0.3 is 0 Å². The second-order valence-electron chi connectivity index (χ2n) is 8.96. The number of halogens is 1. The minimum atomic E-state index is -3.74. The van der Waals surface area contributed by atoms with Gasteiger partial charge in [0.05, 0.1) is 16.2 Å². The SMILES string of the molecule is CCOc1cccc2sc(N(CCN(C)C)C(=O)C3CCN(S(=O)(=O)c4ccc(F)cc4)CC3)nc12. The van der Waals surface area contributed by atoms with Crippen LogP contribution in [0.3, 0.4) is 0 Å². The zero-order valence-corrected chi connectivity index (χ0v) is 22.3. The second-order valence-corrected chi connectivity index (χ2v) is 11.9. The van der Waals surface area contributed by atoms with Crippen LogP contribution in [0.5, 0.6) is 5.75 Å². The lowest BCUT2D eigenvalue weighted by Crippen LogP contribution is -2.46. The van der Waals surface area contributed by atoms with Gasteiger partial charge in [-0.2, -0.15) is 4.31 Å². The third-order valence-corrected chi connectivity index (χ3v) is 9.15. The second kappa shape index (κ2) is 11.2. The average molecular weight is 535 g/mol. The van der Waals surface area contributed by atoms with E-state index in [1.54, 1.807) is 4.90 Å². The van der Waals surface area contributed by atoms with Gasteiger partial charge in [0.1, 0.15) is 17.1 Å². The normalized spacial score (nSPS) is 15.5. The number of thiazole rings is 1. The van der Waals surface area contributed by atoms with Crippen LogP contribution in [0, 0.1) is 11.7 Å². The predicted molar refractivity (Wildman–Crippen MR) is 140 cm³/mol. The van der Waals surface area contributed by atoms with E-state index < -0.39 is 15.8 Å². The molecule has 0 N–H and O–H groups in total. The molecular weight excluding hydrogens is 503 g/mol. The number of ether oxygens (including phenoxy) is 1. The number of para-hydroxylation sites is 1. The molecule has 1 saturated heterocycles. The summed E-state index contributed by atoms with van der Waals surface area (Å²) in [6, 6.07) is 10.6. The van der Waals surface area contributed by atoms with Gasteiger partial charge in [-0.3, -0.25) is 9.69 Å². The molecule has 3 aromatic rings. The number of piperidine rings is 1. The van der Waals surface area contributed by atoms with Crippen molar-refractivity contribution in [3.63, 3.8) is 0 Å². The largest absolute Gasteiger partial charge is 0.492 e. The van der Waals surface area contributed by atoms with E-state index >= 15 is 0 Å². The zero-order valence-electron chi connectivity index (χ0n) is 20.7. The molecule has 4 rings (SSSR count). The van der Waals surface area contributed by atoms with Crippen LogP contribution >= 0.6 is 11.3 Å². The maximum absolute atomic E-state index is 13.7. The van der Waals surface area contributed by atoms with Crippen LogP contribution in [0.1, 0.15) is 19.8 Å². The summed E-state index contributed by atoms with van der Waals surface area (Å²) in [7, 11) is 0.164. The average Bonchev–Trinajstić information content (AvgIpc) is 3.29. The van der Waals surface area contributed by atoms with Crippen LogP contribution in [0.4, 0.5) is 9.52 Å². The molecule has 2 heterocycles. The van der Waals surface area contributed by atoms with Crippen molar-refractivity contribution in [2.75, 3.05) is 51.8 Å². The Bertz CT molecular complexity index is 1300. The van der Waals surface area contributed by atoms with Crippen molar-refractivity contribution in [3.8, 4) is 5.75 Å². The molecule has 1 aliphatic rings. The Morgan fingerprint density at radius 1 is 1.14 bits per heavy atom. The van der Waals surface area contributed by atoms with Crippen molar-refractivity contribution in [1.82, 2.24) is 14.2 Å². The van der Waals surface area contributed by atoms with Gasteiger partial charge in [0.2, 0.25) is 15.9 Å². The van der Waals surface area contributed by atoms with Crippen LogP contribution in [0.2, 0.25) is 0 Å². The molecule has 0 bridgehead atoms. The molecule has 0 saturated carbocycles. The molecule has 0 aliphatic carbocycles. The van der Waals surface area contributed by atoms with Crippen molar-refractivity contribution in [2.45, 2.75) is 24.7 Å². The lowest BCUT2D eigenvalue weighted by Gasteiger charge is -2.33. The summed E-state index contributed by atoms with van der Waals surface area (Å²) >= 11 is 1.45.